The molecule has 4 nitrogen and oxygen atoms in total. The Hall–Kier alpha value is -2.27. The molecule has 0 saturated heterocycles. The molecule has 0 aliphatic carbocycles. The summed E-state index contributed by atoms with van der Waals surface area (Å²) < 4.78 is 5.76. The summed E-state index contributed by atoms with van der Waals surface area (Å²) in [5.74, 6) is 0.0234. The van der Waals surface area contributed by atoms with Gasteiger partial charge in [-0.3, -0.25) is 4.79 Å². The van der Waals surface area contributed by atoms with E-state index in [-0.39, 0.29) is 10.7 Å². The van der Waals surface area contributed by atoms with Crippen molar-refractivity contribution in [1.82, 2.24) is 4.90 Å². The van der Waals surface area contributed by atoms with E-state index in [1.54, 1.807) is 38.4 Å². The summed E-state index contributed by atoms with van der Waals surface area (Å²) in [6.07, 6.45) is 0. The minimum atomic E-state index is -0.430. The number of rotatable bonds is 3. The summed E-state index contributed by atoms with van der Waals surface area (Å²) in [6, 6.07) is 10.9. The van der Waals surface area contributed by atoms with E-state index in [0.29, 0.717) is 16.2 Å². The van der Waals surface area contributed by atoms with Gasteiger partial charge >= 0.3 is 5.97 Å². The summed E-state index contributed by atoms with van der Waals surface area (Å²) in [5.41, 5.74) is 3.32. The first-order valence-corrected chi connectivity index (χ1v) is 9.65. The predicted molar refractivity (Wildman–Crippen MR) is 111 cm³/mol. The molecular formula is C22H27NO3S. The monoisotopic (exact) mass is 385 g/mol. The second-order valence-corrected chi connectivity index (χ2v) is 8.75. The number of amides is 1. The standard InChI is InChI=1S/C22H27NO3S/c1-14-13-17(22(3,4)5)15(2)19(27-21(25)23(6)7)18(14)26-20(24)16-11-9-8-10-12-16/h8-13H,1-7H3. The van der Waals surface area contributed by atoms with Crippen LogP contribution < -0.4 is 4.74 Å². The van der Waals surface area contributed by atoms with Crippen molar-refractivity contribution in [2.24, 2.45) is 0 Å². The average molecular weight is 386 g/mol. The quantitative estimate of drug-likeness (QED) is 0.392. The summed E-state index contributed by atoms with van der Waals surface area (Å²) in [7, 11) is 3.42. The molecule has 27 heavy (non-hydrogen) atoms. The van der Waals surface area contributed by atoms with Crippen molar-refractivity contribution in [2.75, 3.05) is 14.1 Å². The fraction of sp³-hybridized carbons (Fsp3) is 0.364. The zero-order valence-corrected chi connectivity index (χ0v) is 17.9. The molecular weight excluding hydrogens is 358 g/mol. The van der Waals surface area contributed by atoms with E-state index in [2.05, 4.69) is 20.8 Å². The fourth-order valence-electron chi connectivity index (χ4n) is 2.80. The van der Waals surface area contributed by atoms with Gasteiger partial charge in [-0.15, -0.1) is 0 Å². The molecule has 0 aliphatic rings. The van der Waals surface area contributed by atoms with Crippen LogP contribution >= 0.6 is 11.8 Å². The van der Waals surface area contributed by atoms with Crippen molar-refractivity contribution in [3.05, 3.63) is 58.7 Å². The summed E-state index contributed by atoms with van der Waals surface area (Å²) in [5, 5.41) is -0.111. The highest BCUT2D eigenvalue weighted by molar-refractivity contribution is 8.13. The van der Waals surface area contributed by atoms with Gasteiger partial charge in [0.1, 0.15) is 5.75 Å². The maximum absolute atomic E-state index is 12.6. The Morgan fingerprint density at radius 1 is 1.04 bits per heavy atom. The Bertz CT molecular complexity index is 852. The van der Waals surface area contributed by atoms with E-state index >= 15 is 0 Å². The molecule has 2 aromatic carbocycles. The first-order chi connectivity index (χ1) is 12.5. The van der Waals surface area contributed by atoms with Gasteiger partial charge in [0.15, 0.2) is 0 Å². The van der Waals surface area contributed by atoms with Crippen LogP contribution in [0.4, 0.5) is 4.79 Å². The molecule has 0 aromatic heterocycles. The van der Waals surface area contributed by atoms with Gasteiger partial charge in [0.2, 0.25) is 0 Å². The van der Waals surface area contributed by atoms with Crippen LogP contribution in [0.3, 0.4) is 0 Å². The SMILES string of the molecule is Cc1cc(C(C)(C)C)c(C)c(SC(=O)N(C)C)c1OC(=O)c1ccccc1. The first-order valence-electron chi connectivity index (χ1n) is 8.83. The number of carbonyl (C=O) groups is 2. The molecule has 144 valence electrons. The maximum atomic E-state index is 12.6. The molecule has 0 unspecified atom stereocenters. The van der Waals surface area contributed by atoms with E-state index in [9.17, 15) is 9.59 Å². The van der Waals surface area contributed by atoms with Crippen molar-refractivity contribution in [2.45, 2.75) is 44.9 Å². The number of ether oxygens (including phenoxy) is 1. The minimum absolute atomic E-state index is 0.0900. The van der Waals surface area contributed by atoms with Gasteiger partial charge in [-0.05, 0) is 59.8 Å². The molecule has 1 amide bonds. The van der Waals surface area contributed by atoms with Gasteiger partial charge in [0, 0.05) is 14.1 Å². The number of hydrogen-bond acceptors (Lipinski definition) is 4. The molecule has 0 bridgehead atoms. The van der Waals surface area contributed by atoms with Crippen LogP contribution in [0, 0.1) is 13.8 Å². The summed E-state index contributed by atoms with van der Waals surface area (Å²) in [4.78, 5) is 27.2. The Balaban J connectivity index is 2.56. The molecule has 2 rings (SSSR count). The lowest BCUT2D eigenvalue weighted by Gasteiger charge is -2.26. The highest BCUT2D eigenvalue weighted by Crippen LogP contribution is 2.42. The largest absolute Gasteiger partial charge is 0.421 e. The third-order valence-corrected chi connectivity index (χ3v) is 5.47. The Morgan fingerprint density at radius 2 is 1.63 bits per heavy atom. The third-order valence-electron chi connectivity index (χ3n) is 4.24. The molecule has 0 radical (unpaired) electrons. The molecule has 0 aliphatic heterocycles. The van der Waals surface area contributed by atoms with E-state index < -0.39 is 5.97 Å². The Labute approximate surface area is 165 Å². The van der Waals surface area contributed by atoms with E-state index in [0.717, 1.165) is 28.5 Å². The molecule has 0 heterocycles. The van der Waals surface area contributed by atoms with Gasteiger partial charge in [0.25, 0.3) is 5.24 Å². The molecule has 2 aromatic rings. The van der Waals surface area contributed by atoms with Crippen LogP contribution in [-0.2, 0) is 5.41 Å². The van der Waals surface area contributed by atoms with Gasteiger partial charge < -0.3 is 9.64 Å². The predicted octanol–water partition coefficient (Wildman–Crippen LogP) is 5.59. The van der Waals surface area contributed by atoms with Gasteiger partial charge in [0.05, 0.1) is 10.5 Å². The van der Waals surface area contributed by atoms with Gasteiger partial charge in [-0.1, -0.05) is 45.0 Å². The molecule has 0 atom stereocenters. The zero-order valence-electron chi connectivity index (χ0n) is 17.0. The van der Waals surface area contributed by atoms with E-state index in [4.69, 9.17) is 4.74 Å². The number of benzene rings is 2. The smallest absolute Gasteiger partial charge is 0.343 e. The van der Waals surface area contributed by atoms with Crippen LogP contribution in [0.25, 0.3) is 0 Å². The number of hydrogen-bond donors (Lipinski definition) is 0. The summed E-state index contributed by atoms with van der Waals surface area (Å²) >= 11 is 1.10. The Kier molecular flexibility index (Phi) is 6.37. The van der Waals surface area contributed by atoms with E-state index in [1.165, 1.54) is 4.90 Å². The Morgan fingerprint density at radius 3 is 2.15 bits per heavy atom. The highest BCUT2D eigenvalue weighted by atomic mass is 32.2. The van der Waals surface area contributed by atoms with Gasteiger partial charge in [-0.2, -0.15) is 0 Å². The zero-order chi connectivity index (χ0) is 20.4. The molecule has 0 fully saturated rings. The van der Waals surface area contributed by atoms with Crippen LogP contribution in [-0.4, -0.2) is 30.2 Å². The number of carbonyl (C=O) groups excluding carboxylic acids is 2. The number of esters is 1. The fourth-order valence-corrected chi connectivity index (χ4v) is 3.71. The number of thioether (sulfide) groups is 1. The van der Waals surface area contributed by atoms with Crippen molar-refractivity contribution >= 4 is 23.0 Å². The lowest BCUT2D eigenvalue weighted by atomic mass is 9.83. The average Bonchev–Trinajstić information content (AvgIpc) is 2.60. The lowest BCUT2D eigenvalue weighted by Crippen LogP contribution is -2.19. The minimum Gasteiger partial charge on any atom is -0.421 e. The number of nitrogens with zero attached hydrogens (tertiary/aromatic N) is 1. The molecule has 0 N–H and O–H groups in total. The summed E-state index contributed by atoms with van der Waals surface area (Å²) in [6.45, 7) is 10.3. The molecule has 0 spiro atoms. The highest BCUT2D eigenvalue weighted by Gasteiger charge is 2.26. The normalized spacial score (nSPS) is 11.2. The molecule has 0 saturated carbocycles. The van der Waals surface area contributed by atoms with Gasteiger partial charge in [-0.25, -0.2) is 4.79 Å². The number of aryl methyl sites for hydroxylation is 1. The second kappa shape index (κ2) is 8.17. The topological polar surface area (TPSA) is 46.6 Å². The van der Waals surface area contributed by atoms with E-state index in [1.807, 2.05) is 26.0 Å². The first kappa shape index (κ1) is 21.0. The second-order valence-electron chi connectivity index (χ2n) is 7.79. The van der Waals surface area contributed by atoms with Crippen molar-refractivity contribution in [3.63, 3.8) is 0 Å². The van der Waals surface area contributed by atoms with Crippen LogP contribution in [0.1, 0.15) is 47.8 Å². The van der Waals surface area contributed by atoms with Crippen LogP contribution in [0.15, 0.2) is 41.3 Å². The van der Waals surface area contributed by atoms with Crippen LogP contribution in [0.5, 0.6) is 5.75 Å². The van der Waals surface area contributed by atoms with Crippen molar-refractivity contribution in [3.8, 4) is 5.75 Å². The van der Waals surface area contributed by atoms with Crippen LogP contribution in [0.2, 0.25) is 0 Å². The third kappa shape index (κ3) is 4.92. The van der Waals surface area contributed by atoms with Crippen molar-refractivity contribution < 1.29 is 14.3 Å². The van der Waals surface area contributed by atoms with Crippen molar-refractivity contribution in [1.29, 1.82) is 0 Å². The maximum Gasteiger partial charge on any atom is 0.343 e. The lowest BCUT2D eigenvalue weighted by molar-refractivity contribution is 0.0729. The molecule has 5 heteroatoms.